The normalized spacial score (nSPS) is 19.8. The molecule has 1 aromatic rings. The van der Waals surface area contributed by atoms with Crippen molar-refractivity contribution in [3.8, 4) is 0 Å². The van der Waals surface area contributed by atoms with Crippen LogP contribution in [0.4, 0.5) is 0 Å². The van der Waals surface area contributed by atoms with E-state index in [2.05, 4.69) is 27.1 Å². The van der Waals surface area contributed by atoms with E-state index < -0.39 is 0 Å². The first-order valence-corrected chi connectivity index (χ1v) is 8.22. The molecule has 0 saturated carbocycles. The maximum atomic E-state index is 12.4. The lowest BCUT2D eigenvalue weighted by molar-refractivity contribution is -0.141. The summed E-state index contributed by atoms with van der Waals surface area (Å²) in [6.07, 6.45) is 2.14. The number of methoxy groups -OCH3 is 1. The molecule has 0 radical (unpaired) electrons. The zero-order chi connectivity index (χ0) is 16.7. The molecule has 23 heavy (non-hydrogen) atoms. The molecule has 1 amide bonds. The van der Waals surface area contributed by atoms with Gasteiger partial charge >= 0.3 is 5.97 Å². The molecule has 2 atom stereocenters. The highest BCUT2D eigenvalue weighted by atomic mass is 16.5. The minimum atomic E-state index is -0.299. The second kappa shape index (κ2) is 8.67. The molecule has 1 heterocycles. The molecule has 0 spiro atoms. The second-order valence-electron chi connectivity index (χ2n) is 6.25. The van der Waals surface area contributed by atoms with Gasteiger partial charge in [0.1, 0.15) is 0 Å². The first-order chi connectivity index (χ1) is 11.1. The van der Waals surface area contributed by atoms with Crippen LogP contribution in [0.1, 0.15) is 31.7 Å². The van der Waals surface area contributed by atoms with Gasteiger partial charge in [-0.15, -0.1) is 0 Å². The fourth-order valence-corrected chi connectivity index (χ4v) is 3.00. The van der Waals surface area contributed by atoms with Gasteiger partial charge in [0, 0.05) is 19.1 Å². The van der Waals surface area contributed by atoms with Gasteiger partial charge in [-0.25, -0.2) is 0 Å². The molecule has 0 aliphatic carbocycles. The summed E-state index contributed by atoms with van der Waals surface area (Å²) in [4.78, 5) is 26.0. The van der Waals surface area contributed by atoms with Gasteiger partial charge in [-0.1, -0.05) is 30.3 Å². The van der Waals surface area contributed by atoms with Crippen molar-refractivity contribution in [3.63, 3.8) is 0 Å². The van der Waals surface area contributed by atoms with Gasteiger partial charge in [0.2, 0.25) is 5.91 Å². The van der Waals surface area contributed by atoms with E-state index in [0.29, 0.717) is 0 Å². The van der Waals surface area contributed by atoms with Gasteiger partial charge in [0.25, 0.3) is 0 Å². The molecule has 1 fully saturated rings. The molecule has 0 bridgehead atoms. The molecular weight excluding hydrogens is 292 g/mol. The quantitative estimate of drug-likeness (QED) is 0.815. The molecule has 0 aromatic heterocycles. The third kappa shape index (κ3) is 5.67. The Kier molecular flexibility index (Phi) is 6.59. The zero-order valence-corrected chi connectivity index (χ0v) is 14.0. The Hall–Kier alpha value is -1.88. The summed E-state index contributed by atoms with van der Waals surface area (Å²) in [5.41, 5.74) is 1.27. The maximum absolute atomic E-state index is 12.4. The summed E-state index contributed by atoms with van der Waals surface area (Å²) in [5.74, 6) is -0.265. The molecule has 5 heteroatoms. The maximum Gasteiger partial charge on any atom is 0.307 e. The highest BCUT2D eigenvalue weighted by Gasteiger charge is 2.26. The van der Waals surface area contributed by atoms with E-state index in [1.165, 1.54) is 12.7 Å². The van der Waals surface area contributed by atoms with Crippen molar-refractivity contribution in [3.05, 3.63) is 35.9 Å². The van der Waals surface area contributed by atoms with Crippen molar-refractivity contribution in [2.24, 2.45) is 5.92 Å². The number of likely N-dealkylation sites (tertiary alicyclic amines) is 1. The third-order valence-corrected chi connectivity index (χ3v) is 4.21. The van der Waals surface area contributed by atoms with Gasteiger partial charge in [0.15, 0.2) is 0 Å². The van der Waals surface area contributed by atoms with Gasteiger partial charge in [-0.2, -0.15) is 0 Å². The minimum absolute atomic E-state index is 0.00689. The van der Waals surface area contributed by atoms with Crippen LogP contribution in [0.5, 0.6) is 0 Å². The number of carbonyl (C=O) groups is 2. The number of amides is 1. The highest BCUT2D eigenvalue weighted by molar-refractivity contribution is 5.80. The Morgan fingerprint density at radius 2 is 2.09 bits per heavy atom. The van der Waals surface area contributed by atoms with Gasteiger partial charge in [-0.3, -0.25) is 14.5 Å². The molecule has 5 nitrogen and oxygen atoms in total. The molecule has 1 N–H and O–H groups in total. The average molecular weight is 318 g/mol. The van der Waals surface area contributed by atoms with Crippen molar-refractivity contribution in [2.45, 2.75) is 38.8 Å². The van der Waals surface area contributed by atoms with Gasteiger partial charge in [0.05, 0.1) is 19.4 Å². The second-order valence-corrected chi connectivity index (χ2v) is 6.25. The smallest absolute Gasteiger partial charge is 0.307 e. The molecular formula is C18H26N2O3. The third-order valence-electron chi connectivity index (χ3n) is 4.21. The zero-order valence-electron chi connectivity index (χ0n) is 14.0. The SMILES string of the molecule is COC(=O)C[C@H](C)NC(=O)[C@@H]1CCCN(Cc2ccccc2)C1. The van der Waals surface area contributed by atoms with E-state index >= 15 is 0 Å². The van der Waals surface area contributed by atoms with E-state index in [4.69, 9.17) is 0 Å². The number of hydrogen-bond acceptors (Lipinski definition) is 4. The number of nitrogens with zero attached hydrogens (tertiary/aromatic N) is 1. The Balaban J connectivity index is 1.83. The van der Waals surface area contributed by atoms with Crippen molar-refractivity contribution in [1.29, 1.82) is 0 Å². The van der Waals surface area contributed by atoms with E-state index in [9.17, 15) is 9.59 Å². The van der Waals surface area contributed by atoms with Crippen LogP contribution in [-0.2, 0) is 20.9 Å². The number of hydrogen-bond donors (Lipinski definition) is 1. The fourth-order valence-electron chi connectivity index (χ4n) is 3.00. The Labute approximate surface area is 138 Å². The lowest BCUT2D eigenvalue weighted by atomic mass is 9.96. The van der Waals surface area contributed by atoms with Crippen LogP contribution >= 0.6 is 0 Å². The van der Waals surface area contributed by atoms with Crippen molar-refractivity contribution in [2.75, 3.05) is 20.2 Å². The number of rotatable bonds is 6. The topological polar surface area (TPSA) is 58.6 Å². The predicted molar refractivity (Wildman–Crippen MR) is 88.7 cm³/mol. The van der Waals surface area contributed by atoms with Crippen LogP contribution in [0.15, 0.2) is 30.3 Å². The van der Waals surface area contributed by atoms with Crippen molar-refractivity contribution < 1.29 is 14.3 Å². The number of benzene rings is 1. The Morgan fingerprint density at radius 3 is 2.78 bits per heavy atom. The lowest BCUT2D eigenvalue weighted by Gasteiger charge is -2.32. The highest BCUT2D eigenvalue weighted by Crippen LogP contribution is 2.19. The molecule has 126 valence electrons. The number of nitrogens with one attached hydrogen (secondary N) is 1. The Morgan fingerprint density at radius 1 is 1.35 bits per heavy atom. The van der Waals surface area contributed by atoms with E-state index in [1.807, 2.05) is 25.1 Å². The molecule has 0 unspecified atom stereocenters. The number of esters is 1. The number of piperidine rings is 1. The molecule has 1 saturated heterocycles. The summed E-state index contributed by atoms with van der Waals surface area (Å²) in [7, 11) is 1.36. The molecule has 1 aliphatic heterocycles. The van der Waals surface area contributed by atoms with Crippen LogP contribution < -0.4 is 5.32 Å². The summed E-state index contributed by atoms with van der Waals surface area (Å²) < 4.78 is 4.63. The van der Waals surface area contributed by atoms with Crippen LogP contribution in [-0.4, -0.2) is 43.0 Å². The van der Waals surface area contributed by atoms with E-state index in [-0.39, 0.29) is 30.3 Å². The average Bonchev–Trinajstić information content (AvgIpc) is 2.55. The molecule has 1 aromatic carbocycles. The lowest BCUT2D eigenvalue weighted by Crippen LogP contribution is -2.45. The monoisotopic (exact) mass is 318 g/mol. The predicted octanol–water partition coefficient (Wildman–Crippen LogP) is 1.97. The summed E-state index contributed by atoms with van der Waals surface area (Å²) in [6.45, 7) is 4.50. The number of carbonyl (C=O) groups excluding carboxylic acids is 2. The number of ether oxygens (including phenoxy) is 1. The van der Waals surface area contributed by atoms with Crippen LogP contribution in [0.25, 0.3) is 0 Å². The first kappa shape index (κ1) is 17.5. The van der Waals surface area contributed by atoms with Gasteiger partial charge in [-0.05, 0) is 31.9 Å². The standard InChI is InChI=1S/C18H26N2O3/c1-14(11-17(21)23-2)19-18(22)16-9-6-10-20(13-16)12-15-7-4-3-5-8-15/h3-5,7-8,14,16H,6,9-13H2,1-2H3,(H,19,22)/t14-,16+/m0/s1. The fraction of sp³-hybridized carbons (Fsp3) is 0.556. The van der Waals surface area contributed by atoms with Crippen LogP contribution in [0, 0.1) is 5.92 Å². The van der Waals surface area contributed by atoms with Gasteiger partial charge < -0.3 is 10.1 Å². The largest absolute Gasteiger partial charge is 0.469 e. The Bertz CT molecular complexity index is 518. The van der Waals surface area contributed by atoms with Crippen molar-refractivity contribution >= 4 is 11.9 Å². The van der Waals surface area contributed by atoms with E-state index in [1.54, 1.807) is 0 Å². The van der Waals surface area contributed by atoms with Crippen molar-refractivity contribution in [1.82, 2.24) is 10.2 Å². The minimum Gasteiger partial charge on any atom is -0.469 e. The summed E-state index contributed by atoms with van der Waals surface area (Å²) in [5, 5.41) is 2.93. The molecule has 2 rings (SSSR count). The molecule has 1 aliphatic rings. The van der Waals surface area contributed by atoms with Crippen LogP contribution in [0.3, 0.4) is 0 Å². The summed E-state index contributed by atoms with van der Waals surface area (Å²) >= 11 is 0. The van der Waals surface area contributed by atoms with Crippen LogP contribution in [0.2, 0.25) is 0 Å². The first-order valence-electron chi connectivity index (χ1n) is 8.22. The summed E-state index contributed by atoms with van der Waals surface area (Å²) in [6, 6.07) is 10.1. The van der Waals surface area contributed by atoms with E-state index in [0.717, 1.165) is 32.5 Å².